The van der Waals surface area contributed by atoms with Crippen LogP contribution in [0.1, 0.15) is 60.7 Å². The van der Waals surface area contributed by atoms with Crippen LogP contribution in [0.15, 0.2) is 29.3 Å². The molecule has 1 aromatic carbocycles. The smallest absolute Gasteiger partial charge is 0.261 e. The summed E-state index contributed by atoms with van der Waals surface area (Å²) >= 11 is 0. The second kappa shape index (κ2) is 12.2. The van der Waals surface area contributed by atoms with E-state index in [0.717, 1.165) is 38.4 Å². The molecule has 0 saturated heterocycles. The predicted molar refractivity (Wildman–Crippen MR) is 115 cm³/mol. The Labute approximate surface area is 173 Å². The molecule has 2 N–H and O–H groups in total. The number of fused-ring (bicyclic) bond motifs is 1. The number of nitrogens with one attached hydrogen (secondary N) is 2. The number of imide groups is 1. The Hall–Kier alpha value is -2.41. The van der Waals surface area contributed by atoms with Crippen molar-refractivity contribution in [2.24, 2.45) is 10.9 Å². The summed E-state index contributed by atoms with van der Waals surface area (Å²) in [7, 11) is 0. The number of hydrogen-bond acceptors (Lipinski definition) is 4. The highest BCUT2D eigenvalue weighted by molar-refractivity contribution is 6.21. The molecule has 1 aromatic rings. The number of amides is 2. The molecule has 160 valence electrons. The molecule has 29 heavy (non-hydrogen) atoms. The number of ether oxygens (including phenoxy) is 1. The highest BCUT2D eigenvalue weighted by atomic mass is 16.5. The van der Waals surface area contributed by atoms with Crippen molar-refractivity contribution >= 4 is 17.8 Å². The molecule has 1 aliphatic rings. The second-order valence-electron chi connectivity index (χ2n) is 7.50. The lowest BCUT2D eigenvalue weighted by Crippen LogP contribution is -2.39. The molecule has 1 aliphatic heterocycles. The van der Waals surface area contributed by atoms with Crippen LogP contribution in [0.25, 0.3) is 0 Å². The fourth-order valence-electron chi connectivity index (χ4n) is 3.02. The van der Waals surface area contributed by atoms with Gasteiger partial charge in [-0.3, -0.25) is 19.5 Å². The van der Waals surface area contributed by atoms with E-state index in [2.05, 4.69) is 29.5 Å². The maximum absolute atomic E-state index is 12.3. The van der Waals surface area contributed by atoms with Gasteiger partial charge in [0, 0.05) is 32.8 Å². The fourth-order valence-corrected chi connectivity index (χ4v) is 3.02. The maximum atomic E-state index is 12.3. The highest BCUT2D eigenvalue weighted by Crippen LogP contribution is 2.22. The molecule has 1 heterocycles. The van der Waals surface area contributed by atoms with Crippen LogP contribution < -0.4 is 10.6 Å². The summed E-state index contributed by atoms with van der Waals surface area (Å²) in [5.41, 5.74) is 1.01. The molecule has 0 unspecified atom stereocenters. The molecular formula is C22H34N4O3. The molecule has 0 aliphatic carbocycles. The monoisotopic (exact) mass is 402 g/mol. The molecule has 0 spiro atoms. The van der Waals surface area contributed by atoms with Gasteiger partial charge in [-0.2, -0.15) is 0 Å². The topological polar surface area (TPSA) is 83.0 Å². The second-order valence-corrected chi connectivity index (χ2v) is 7.50. The molecule has 0 bridgehead atoms. The Morgan fingerprint density at radius 2 is 1.76 bits per heavy atom. The lowest BCUT2D eigenvalue weighted by atomic mass is 10.1. The van der Waals surface area contributed by atoms with E-state index in [1.807, 2.05) is 6.92 Å². The van der Waals surface area contributed by atoms with Gasteiger partial charge in [-0.25, -0.2) is 0 Å². The van der Waals surface area contributed by atoms with Crippen molar-refractivity contribution in [2.45, 2.75) is 40.0 Å². The van der Waals surface area contributed by atoms with Crippen LogP contribution in [0.3, 0.4) is 0 Å². The van der Waals surface area contributed by atoms with Gasteiger partial charge in [0.25, 0.3) is 11.8 Å². The lowest BCUT2D eigenvalue weighted by molar-refractivity contribution is 0.0652. The van der Waals surface area contributed by atoms with E-state index >= 15 is 0 Å². The summed E-state index contributed by atoms with van der Waals surface area (Å²) < 4.78 is 5.61. The first-order chi connectivity index (χ1) is 14.0. The van der Waals surface area contributed by atoms with Crippen molar-refractivity contribution in [3.8, 4) is 0 Å². The van der Waals surface area contributed by atoms with Crippen LogP contribution in [0.2, 0.25) is 0 Å². The predicted octanol–water partition coefficient (Wildman–Crippen LogP) is 2.68. The highest BCUT2D eigenvalue weighted by Gasteiger charge is 2.34. The van der Waals surface area contributed by atoms with Crippen molar-refractivity contribution in [3.63, 3.8) is 0 Å². The number of benzene rings is 1. The van der Waals surface area contributed by atoms with Gasteiger partial charge in [-0.05, 0) is 44.2 Å². The van der Waals surface area contributed by atoms with E-state index < -0.39 is 0 Å². The van der Waals surface area contributed by atoms with Crippen molar-refractivity contribution in [1.29, 1.82) is 0 Å². The third kappa shape index (κ3) is 7.16. The van der Waals surface area contributed by atoms with E-state index in [1.54, 1.807) is 24.3 Å². The van der Waals surface area contributed by atoms with Crippen molar-refractivity contribution in [2.75, 3.05) is 39.4 Å². The summed E-state index contributed by atoms with van der Waals surface area (Å²) in [5, 5.41) is 6.48. The first-order valence-corrected chi connectivity index (χ1v) is 10.6. The molecule has 2 amide bonds. The third-order valence-corrected chi connectivity index (χ3v) is 4.66. The van der Waals surface area contributed by atoms with Gasteiger partial charge in [0.05, 0.1) is 17.7 Å². The molecule has 7 heteroatoms. The van der Waals surface area contributed by atoms with Gasteiger partial charge in [-0.1, -0.05) is 26.0 Å². The fraction of sp³-hybridized carbons (Fsp3) is 0.591. The van der Waals surface area contributed by atoms with Gasteiger partial charge in [0.2, 0.25) is 0 Å². The minimum Gasteiger partial charge on any atom is -0.380 e. The van der Waals surface area contributed by atoms with E-state index in [4.69, 9.17) is 4.74 Å². The van der Waals surface area contributed by atoms with Crippen LogP contribution in [0.5, 0.6) is 0 Å². The zero-order valence-electron chi connectivity index (χ0n) is 17.9. The van der Waals surface area contributed by atoms with E-state index in [-0.39, 0.29) is 11.8 Å². The van der Waals surface area contributed by atoms with Crippen molar-refractivity contribution < 1.29 is 14.3 Å². The summed E-state index contributed by atoms with van der Waals surface area (Å²) in [6.45, 7) is 10.4. The molecule has 0 fully saturated rings. The maximum Gasteiger partial charge on any atom is 0.261 e. The van der Waals surface area contributed by atoms with Gasteiger partial charge >= 0.3 is 0 Å². The van der Waals surface area contributed by atoms with Crippen LogP contribution in [-0.2, 0) is 4.74 Å². The summed E-state index contributed by atoms with van der Waals surface area (Å²) in [6.07, 6.45) is 2.60. The van der Waals surface area contributed by atoms with Crippen molar-refractivity contribution in [1.82, 2.24) is 15.5 Å². The standard InChI is InChI=1S/C22H34N4O3/c1-4-23-22(25-13-16-29-15-11-17(2)3)24-12-7-8-14-26-20(27)18-9-5-6-10-19(18)21(26)28/h5-6,9-10,17H,4,7-8,11-16H2,1-3H3,(H2,23,24,25). The van der Waals surface area contributed by atoms with E-state index in [9.17, 15) is 9.59 Å². The largest absolute Gasteiger partial charge is 0.380 e. The molecule has 2 rings (SSSR count). The Bertz CT molecular complexity index is 668. The van der Waals surface area contributed by atoms with Crippen LogP contribution >= 0.6 is 0 Å². The first-order valence-electron chi connectivity index (χ1n) is 10.6. The van der Waals surface area contributed by atoms with Crippen LogP contribution in [0, 0.1) is 5.92 Å². The average molecular weight is 403 g/mol. The normalized spacial score (nSPS) is 13.9. The SMILES string of the molecule is CCNC(=NCCCCN1C(=O)c2ccccc2C1=O)NCCOCCC(C)C. The van der Waals surface area contributed by atoms with Gasteiger partial charge in [0.15, 0.2) is 5.96 Å². The number of unbranched alkanes of at least 4 members (excludes halogenated alkanes) is 1. The minimum absolute atomic E-state index is 0.193. The molecule has 7 nitrogen and oxygen atoms in total. The number of rotatable bonds is 12. The molecule has 0 aromatic heterocycles. The van der Waals surface area contributed by atoms with E-state index in [0.29, 0.717) is 43.3 Å². The van der Waals surface area contributed by atoms with Gasteiger partial charge < -0.3 is 15.4 Å². The lowest BCUT2D eigenvalue weighted by Gasteiger charge is -2.14. The Morgan fingerprint density at radius 1 is 1.07 bits per heavy atom. The Balaban J connectivity index is 1.67. The molecule has 0 radical (unpaired) electrons. The summed E-state index contributed by atoms with van der Waals surface area (Å²) in [6, 6.07) is 6.99. The number of hydrogen-bond donors (Lipinski definition) is 2. The Kier molecular flexibility index (Phi) is 9.64. The van der Waals surface area contributed by atoms with Crippen LogP contribution in [-0.4, -0.2) is 62.1 Å². The zero-order valence-corrected chi connectivity index (χ0v) is 17.9. The van der Waals surface area contributed by atoms with Crippen molar-refractivity contribution in [3.05, 3.63) is 35.4 Å². The quantitative estimate of drug-likeness (QED) is 0.243. The number of guanidine groups is 1. The number of carbonyl (C=O) groups is 2. The third-order valence-electron chi connectivity index (χ3n) is 4.66. The van der Waals surface area contributed by atoms with Gasteiger partial charge in [0.1, 0.15) is 0 Å². The summed E-state index contributed by atoms with van der Waals surface area (Å²) in [5.74, 6) is 1.03. The van der Waals surface area contributed by atoms with Crippen LogP contribution in [0.4, 0.5) is 0 Å². The Morgan fingerprint density at radius 3 is 2.38 bits per heavy atom. The average Bonchev–Trinajstić information content (AvgIpc) is 2.95. The molecule has 0 atom stereocenters. The molecule has 0 saturated carbocycles. The van der Waals surface area contributed by atoms with Gasteiger partial charge in [-0.15, -0.1) is 0 Å². The minimum atomic E-state index is -0.193. The first kappa shape index (κ1) is 22.9. The number of carbonyl (C=O) groups excluding carboxylic acids is 2. The zero-order chi connectivity index (χ0) is 21.1. The summed E-state index contributed by atoms with van der Waals surface area (Å²) in [4.78, 5) is 30.6. The molecular weight excluding hydrogens is 368 g/mol. The number of aliphatic imine (C=N–C) groups is 1. The number of nitrogens with zero attached hydrogens (tertiary/aromatic N) is 2. The van der Waals surface area contributed by atoms with E-state index in [1.165, 1.54) is 4.90 Å².